The van der Waals surface area contributed by atoms with Gasteiger partial charge in [0.25, 0.3) is 0 Å². The summed E-state index contributed by atoms with van der Waals surface area (Å²) in [6, 6.07) is 1.18. The van der Waals surface area contributed by atoms with Crippen molar-refractivity contribution in [3.8, 4) is 0 Å². The van der Waals surface area contributed by atoms with Crippen LogP contribution in [0.4, 0.5) is 0 Å². The molecular weight excluding hydrogens is 312 g/mol. The zero-order chi connectivity index (χ0) is 18.3. The minimum absolute atomic E-state index is 0.333. The Bertz CT molecular complexity index is 352. The molecule has 0 saturated heterocycles. The lowest BCUT2D eigenvalue weighted by molar-refractivity contribution is 0.139. The highest BCUT2D eigenvalue weighted by Crippen LogP contribution is 2.56. The molecule has 1 aliphatic rings. The van der Waals surface area contributed by atoms with Gasteiger partial charge in [-0.05, 0) is 42.6 Å². The molecule has 0 heterocycles. The second-order valence-electron chi connectivity index (χ2n) is 9.48. The van der Waals surface area contributed by atoms with Gasteiger partial charge in [0.2, 0.25) is 0 Å². The van der Waals surface area contributed by atoms with Gasteiger partial charge in [0.05, 0.1) is 0 Å². The summed E-state index contributed by atoms with van der Waals surface area (Å²) in [6.45, 7) is 14.9. The molecule has 0 aromatic heterocycles. The standard InChI is InChI=1S/C21H44O2Si/c1-8-10-14-21(6)15-12-13-19(21)24(22-7,18-11-9-2)23-17-16-20(3,4)5/h19H,8-18H2,1-7H3. The predicted octanol–water partition coefficient (Wildman–Crippen LogP) is 7.08. The lowest BCUT2D eigenvalue weighted by Crippen LogP contribution is -2.50. The van der Waals surface area contributed by atoms with E-state index in [1.165, 1.54) is 57.4 Å². The summed E-state index contributed by atoms with van der Waals surface area (Å²) in [5, 5.41) is 0. The lowest BCUT2D eigenvalue weighted by atomic mass is 9.83. The molecule has 0 aromatic carbocycles. The molecule has 0 amide bonds. The molecule has 1 aliphatic carbocycles. The largest absolute Gasteiger partial charge is 0.397 e. The maximum absolute atomic E-state index is 6.73. The van der Waals surface area contributed by atoms with Crippen LogP contribution in [0.5, 0.6) is 0 Å². The van der Waals surface area contributed by atoms with Crippen LogP contribution in [-0.2, 0) is 8.85 Å². The second-order valence-corrected chi connectivity index (χ2v) is 13.0. The highest BCUT2D eigenvalue weighted by atomic mass is 28.4. The summed E-state index contributed by atoms with van der Waals surface area (Å²) in [4.78, 5) is 0. The molecule has 2 nitrogen and oxygen atoms in total. The van der Waals surface area contributed by atoms with E-state index < -0.39 is 8.56 Å². The third-order valence-corrected chi connectivity index (χ3v) is 10.6. The van der Waals surface area contributed by atoms with Crippen LogP contribution in [0.25, 0.3) is 0 Å². The molecular formula is C21H44O2Si. The smallest absolute Gasteiger partial charge is 0.341 e. The number of rotatable bonds is 11. The fourth-order valence-electron chi connectivity index (χ4n) is 4.47. The normalized spacial score (nSPS) is 27.4. The highest BCUT2D eigenvalue weighted by Gasteiger charge is 2.54. The quantitative estimate of drug-likeness (QED) is 0.368. The Hall–Kier alpha value is 0.137. The molecule has 1 saturated carbocycles. The lowest BCUT2D eigenvalue weighted by Gasteiger charge is -2.43. The molecule has 1 rings (SSSR count). The molecule has 144 valence electrons. The summed E-state index contributed by atoms with van der Waals surface area (Å²) >= 11 is 0. The van der Waals surface area contributed by atoms with Crippen molar-refractivity contribution in [2.24, 2.45) is 10.8 Å². The van der Waals surface area contributed by atoms with Crippen LogP contribution in [0.15, 0.2) is 0 Å². The minimum Gasteiger partial charge on any atom is -0.397 e. The van der Waals surface area contributed by atoms with Gasteiger partial charge in [0.15, 0.2) is 0 Å². The van der Waals surface area contributed by atoms with E-state index in [1.54, 1.807) is 0 Å². The first-order valence-corrected chi connectivity index (χ1v) is 12.5. The Balaban J connectivity index is 2.92. The van der Waals surface area contributed by atoms with E-state index in [0.29, 0.717) is 16.4 Å². The third-order valence-electron chi connectivity index (χ3n) is 6.14. The first-order chi connectivity index (χ1) is 11.2. The Morgan fingerprint density at radius 3 is 2.33 bits per heavy atom. The van der Waals surface area contributed by atoms with Crippen LogP contribution in [0.1, 0.15) is 99.3 Å². The average molecular weight is 357 g/mol. The summed E-state index contributed by atoms with van der Waals surface area (Å²) in [5.74, 6) is 0. The van der Waals surface area contributed by atoms with Gasteiger partial charge >= 0.3 is 8.56 Å². The van der Waals surface area contributed by atoms with Gasteiger partial charge in [-0.2, -0.15) is 0 Å². The summed E-state index contributed by atoms with van der Waals surface area (Å²) in [6.07, 6.45) is 11.6. The fraction of sp³-hybridized carbons (Fsp3) is 1.00. The molecule has 0 aromatic rings. The molecule has 0 N–H and O–H groups in total. The minimum atomic E-state index is -2.14. The van der Waals surface area contributed by atoms with Crippen LogP contribution in [-0.4, -0.2) is 22.3 Å². The van der Waals surface area contributed by atoms with Crippen molar-refractivity contribution in [1.82, 2.24) is 0 Å². The van der Waals surface area contributed by atoms with Gasteiger partial charge in [0, 0.05) is 19.3 Å². The molecule has 24 heavy (non-hydrogen) atoms. The van der Waals surface area contributed by atoms with Crippen LogP contribution in [0, 0.1) is 10.8 Å². The van der Waals surface area contributed by atoms with Gasteiger partial charge in [-0.15, -0.1) is 0 Å². The molecule has 0 spiro atoms. The molecule has 3 atom stereocenters. The Morgan fingerprint density at radius 2 is 1.79 bits per heavy atom. The Kier molecular flexibility index (Phi) is 8.99. The van der Waals surface area contributed by atoms with E-state index in [9.17, 15) is 0 Å². The van der Waals surface area contributed by atoms with Gasteiger partial charge in [-0.25, -0.2) is 0 Å². The van der Waals surface area contributed by atoms with Crippen LogP contribution in [0.2, 0.25) is 11.6 Å². The second kappa shape index (κ2) is 9.73. The topological polar surface area (TPSA) is 18.5 Å². The van der Waals surface area contributed by atoms with Crippen molar-refractivity contribution in [1.29, 1.82) is 0 Å². The van der Waals surface area contributed by atoms with Gasteiger partial charge in [0.1, 0.15) is 0 Å². The van der Waals surface area contributed by atoms with E-state index in [-0.39, 0.29) is 0 Å². The first-order valence-electron chi connectivity index (χ1n) is 10.4. The van der Waals surface area contributed by atoms with Crippen molar-refractivity contribution in [2.45, 2.75) is 111 Å². The number of hydrogen-bond acceptors (Lipinski definition) is 2. The van der Waals surface area contributed by atoms with E-state index in [2.05, 4.69) is 41.5 Å². The van der Waals surface area contributed by atoms with E-state index >= 15 is 0 Å². The number of hydrogen-bond donors (Lipinski definition) is 0. The number of unbranched alkanes of at least 4 members (excludes halogenated alkanes) is 2. The molecule has 0 aliphatic heterocycles. The zero-order valence-electron chi connectivity index (χ0n) is 17.7. The van der Waals surface area contributed by atoms with Crippen LogP contribution < -0.4 is 0 Å². The fourth-order valence-corrected chi connectivity index (χ4v) is 9.06. The summed E-state index contributed by atoms with van der Waals surface area (Å²) in [7, 11) is -0.201. The van der Waals surface area contributed by atoms with Crippen LogP contribution in [0.3, 0.4) is 0 Å². The van der Waals surface area contributed by atoms with Gasteiger partial charge in [-0.1, -0.05) is 73.6 Å². The highest BCUT2D eigenvalue weighted by molar-refractivity contribution is 6.69. The monoisotopic (exact) mass is 356 g/mol. The van der Waals surface area contributed by atoms with E-state index in [4.69, 9.17) is 8.85 Å². The molecule has 1 fully saturated rings. The molecule has 0 bridgehead atoms. The SMILES string of the molecule is CCCCC1(C)CCCC1[Si](CCCC)(OC)OCCC(C)(C)C. The first kappa shape index (κ1) is 22.2. The molecule has 3 heteroatoms. The maximum Gasteiger partial charge on any atom is 0.341 e. The molecule has 0 radical (unpaired) electrons. The van der Waals surface area contributed by atoms with E-state index in [1.807, 2.05) is 7.11 Å². The van der Waals surface area contributed by atoms with Crippen molar-refractivity contribution >= 4 is 8.56 Å². The zero-order valence-corrected chi connectivity index (χ0v) is 18.7. The van der Waals surface area contributed by atoms with Crippen LogP contribution >= 0.6 is 0 Å². The van der Waals surface area contributed by atoms with Crippen molar-refractivity contribution < 1.29 is 8.85 Å². The summed E-state index contributed by atoms with van der Waals surface area (Å²) in [5.41, 5.74) is 1.45. The maximum atomic E-state index is 6.73. The van der Waals surface area contributed by atoms with Crippen molar-refractivity contribution in [2.75, 3.05) is 13.7 Å². The van der Waals surface area contributed by atoms with Crippen molar-refractivity contribution in [3.63, 3.8) is 0 Å². The van der Waals surface area contributed by atoms with E-state index in [0.717, 1.165) is 13.0 Å². The van der Waals surface area contributed by atoms with Crippen molar-refractivity contribution in [3.05, 3.63) is 0 Å². The Morgan fingerprint density at radius 1 is 1.12 bits per heavy atom. The Labute approximate surface area is 153 Å². The van der Waals surface area contributed by atoms with Gasteiger partial charge in [-0.3, -0.25) is 0 Å². The predicted molar refractivity (Wildman–Crippen MR) is 108 cm³/mol. The molecule has 3 unspecified atom stereocenters. The van der Waals surface area contributed by atoms with Gasteiger partial charge < -0.3 is 8.85 Å². The average Bonchev–Trinajstić information content (AvgIpc) is 2.90. The summed E-state index contributed by atoms with van der Waals surface area (Å²) < 4.78 is 13.1. The third kappa shape index (κ3) is 6.14.